The van der Waals surface area contributed by atoms with Crippen LogP contribution in [0.5, 0.6) is 0 Å². The molecule has 0 radical (unpaired) electrons. The number of hydrogen-bond donors (Lipinski definition) is 1. The van der Waals surface area contributed by atoms with Crippen LogP contribution in [0.25, 0.3) is 0 Å². The van der Waals surface area contributed by atoms with Gasteiger partial charge in [-0.1, -0.05) is 20.8 Å². The first kappa shape index (κ1) is 14.8. The lowest BCUT2D eigenvalue weighted by molar-refractivity contribution is -0.936. The fourth-order valence-electron chi connectivity index (χ4n) is 5.27. The number of fused-ring (bicyclic) bond motifs is 2. The van der Waals surface area contributed by atoms with Gasteiger partial charge in [0.05, 0.1) is 25.8 Å². The minimum atomic E-state index is 0.291. The lowest BCUT2D eigenvalue weighted by Gasteiger charge is -2.41. The molecule has 116 valence electrons. The van der Waals surface area contributed by atoms with E-state index < -0.39 is 0 Å². The standard InChI is InChI=1S/C17H32NO2/c1-16(2)14-6-7-17(16,3)15(12-14)20-13-18(10-11-19)8-4-5-9-18/h14-15,19H,4-13H2,1-3H3/q+1/t14-,15+,17+/m0/s1. The highest BCUT2D eigenvalue weighted by Gasteiger charge is 2.62. The fourth-order valence-corrected chi connectivity index (χ4v) is 5.27. The first-order valence-corrected chi connectivity index (χ1v) is 8.51. The maximum absolute atomic E-state index is 9.35. The van der Waals surface area contributed by atoms with Crippen LogP contribution < -0.4 is 0 Å². The average molecular weight is 282 g/mol. The Bertz CT molecular complexity index is 362. The zero-order valence-electron chi connectivity index (χ0n) is 13.5. The predicted molar refractivity (Wildman–Crippen MR) is 80.2 cm³/mol. The Kier molecular flexibility index (Phi) is 3.67. The summed E-state index contributed by atoms with van der Waals surface area (Å²) in [5.41, 5.74) is 0.797. The average Bonchev–Trinajstić information content (AvgIpc) is 2.99. The van der Waals surface area contributed by atoms with Gasteiger partial charge in [0.2, 0.25) is 0 Å². The normalized spacial score (nSPS) is 41.4. The van der Waals surface area contributed by atoms with Crippen LogP contribution in [0.2, 0.25) is 0 Å². The molecule has 1 N–H and O–H groups in total. The highest BCUT2D eigenvalue weighted by Crippen LogP contribution is 2.66. The zero-order chi connectivity index (χ0) is 14.4. The van der Waals surface area contributed by atoms with E-state index >= 15 is 0 Å². The molecular weight excluding hydrogens is 250 g/mol. The number of aliphatic hydroxyl groups excluding tert-OH is 1. The molecule has 2 saturated carbocycles. The molecule has 3 atom stereocenters. The van der Waals surface area contributed by atoms with Crippen LogP contribution in [-0.4, -0.2) is 48.7 Å². The molecule has 2 aliphatic carbocycles. The number of ether oxygens (including phenoxy) is 1. The topological polar surface area (TPSA) is 29.5 Å². The van der Waals surface area contributed by atoms with Gasteiger partial charge < -0.3 is 9.84 Å². The minimum absolute atomic E-state index is 0.291. The molecule has 1 aliphatic heterocycles. The molecule has 20 heavy (non-hydrogen) atoms. The van der Waals surface area contributed by atoms with Crippen molar-refractivity contribution in [3.05, 3.63) is 0 Å². The summed E-state index contributed by atoms with van der Waals surface area (Å²) in [5.74, 6) is 0.849. The van der Waals surface area contributed by atoms with Gasteiger partial charge in [-0.15, -0.1) is 0 Å². The summed E-state index contributed by atoms with van der Waals surface area (Å²) in [6, 6.07) is 0. The van der Waals surface area contributed by atoms with E-state index in [1.807, 2.05) is 0 Å². The van der Waals surface area contributed by atoms with Crippen LogP contribution in [0.15, 0.2) is 0 Å². The number of quaternary nitrogens is 1. The molecule has 3 rings (SSSR count). The molecule has 3 aliphatic rings. The van der Waals surface area contributed by atoms with Crippen molar-refractivity contribution in [2.45, 2.75) is 59.0 Å². The lowest BCUT2D eigenvalue weighted by atomic mass is 9.70. The van der Waals surface area contributed by atoms with Gasteiger partial charge in [0, 0.05) is 12.8 Å². The largest absolute Gasteiger partial charge is 0.391 e. The molecule has 0 amide bonds. The van der Waals surface area contributed by atoms with Crippen molar-refractivity contribution in [2.24, 2.45) is 16.7 Å². The Balaban J connectivity index is 1.65. The maximum Gasteiger partial charge on any atom is 0.183 e. The second-order valence-electron chi connectivity index (χ2n) is 8.34. The van der Waals surface area contributed by atoms with Gasteiger partial charge in [-0.05, 0) is 36.0 Å². The summed E-state index contributed by atoms with van der Waals surface area (Å²) in [6.07, 6.45) is 6.99. The van der Waals surface area contributed by atoms with Crippen molar-refractivity contribution in [3.63, 3.8) is 0 Å². The summed E-state index contributed by atoms with van der Waals surface area (Å²) in [5, 5.41) is 9.35. The molecule has 2 bridgehead atoms. The number of rotatable bonds is 5. The quantitative estimate of drug-likeness (QED) is 0.786. The maximum atomic E-state index is 9.35. The van der Waals surface area contributed by atoms with E-state index in [-0.39, 0.29) is 0 Å². The minimum Gasteiger partial charge on any atom is -0.391 e. The van der Waals surface area contributed by atoms with Crippen LogP contribution in [0.1, 0.15) is 52.9 Å². The monoisotopic (exact) mass is 282 g/mol. The zero-order valence-corrected chi connectivity index (χ0v) is 13.5. The highest BCUT2D eigenvalue weighted by atomic mass is 16.5. The van der Waals surface area contributed by atoms with Crippen molar-refractivity contribution < 1.29 is 14.3 Å². The van der Waals surface area contributed by atoms with Gasteiger partial charge in [0.25, 0.3) is 0 Å². The molecule has 0 spiro atoms. The Morgan fingerprint density at radius 3 is 2.40 bits per heavy atom. The lowest BCUT2D eigenvalue weighted by Crippen LogP contribution is -2.51. The molecule has 0 unspecified atom stereocenters. The third-order valence-corrected chi connectivity index (χ3v) is 7.35. The van der Waals surface area contributed by atoms with Crippen molar-refractivity contribution in [1.29, 1.82) is 0 Å². The molecule has 3 fully saturated rings. The Hall–Kier alpha value is -0.120. The molecule has 0 aromatic rings. The summed E-state index contributed by atoms with van der Waals surface area (Å²) < 4.78 is 7.47. The Morgan fingerprint density at radius 2 is 1.90 bits per heavy atom. The van der Waals surface area contributed by atoms with Crippen LogP contribution >= 0.6 is 0 Å². The SMILES string of the molecule is CC1(C)[C@H]2CC[C@]1(C)[C@H](OC[N+]1(CCO)CCCC1)C2. The van der Waals surface area contributed by atoms with Gasteiger partial charge in [0.15, 0.2) is 6.73 Å². The van der Waals surface area contributed by atoms with E-state index in [1.54, 1.807) is 0 Å². The van der Waals surface area contributed by atoms with Gasteiger partial charge in [-0.2, -0.15) is 0 Å². The van der Waals surface area contributed by atoms with Crippen molar-refractivity contribution in [1.82, 2.24) is 0 Å². The first-order valence-electron chi connectivity index (χ1n) is 8.51. The van der Waals surface area contributed by atoms with Crippen molar-refractivity contribution >= 4 is 0 Å². The predicted octanol–water partition coefficient (Wildman–Crippen LogP) is 2.78. The number of nitrogens with zero attached hydrogens (tertiary/aromatic N) is 1. The third-order valence-electron chi connectivity index (χ3n) is 7.35. The van der Waals surface area contributed by atoms with Gasteiger partial charge >= 0.3 is 0 Å². The van der Waals surface area contributed by atoms with E-state index in [1.165, 1.54) is 45.2 Å². The molecular formula is C17H32NO2+. The Labute approximate surface area is 123 Å². The number of hydrogen-bond acceptors (Lipinski definition) is 2. The Morgan fingerprint density at radius 1 is 1.20 bits per heavy atom. The second kappa shape index (κ2) is 4.96. The van der Waals surface area contributed by atoms with E-state index in [2.05, 4.69) is 20.8 Å². The second-order valence-corrected chi connectivity index (χ2v) is 8.34. The number of likely N-dealkylation sites (tertiary alicyclic amines) is 1. The van der Waals surface area contributed by atoms with Gasteiger partial charge in [-0.3, -0.25) is 4.48 Å². The van der Waals surface area contributed by atoms with Crippen LogP contribution in [0.3, 0.4) is 0 Å². The van der Waals surface area contributed by atoms with Crippen LogP contribution in [-0.2, 0) is 4.74 Å². The van der Waals surface area contributed by atoms with Crippen molar-refractivity contribution in [2.75, 3.05) is 33.0 Å². The van der Waals surface area contributed by atoms with Crippen molar-refractivity contribution in [3.8, 4) is 0 Å². The molecule has 3 heteroatoms. The smallest absolute Gasteiger partial charge is 0.183 e. The third kappa shape index (κ3) is 2.05. The molecule has 0 aromatic carbocycles. The molecule has 3 nitrogen and oxygen atoms in total. The van der Waals surface area contributed by atoms with E-state index in [9.17, 15) is 5.11 Å². The summed E-state index contributed by atoms with van der Waals surface area (Å²) in [6.45, 7) is 11.7. The molecule has 0 aromatic heterocycles. The number of aliphatic hydroxyl groups is 1. The molecule has 1 heterocycles. The highest BCUT2D eigenvalue weighted by molar-refractivity contribution is 5.11. The van der Waals surface area contributed by atoms with Gasteiger partial charge in [-0.25, -0.2) is 0 Å². The summed E-state index contributed by atoms with van der Waals surface area (Å²) >= 11 is 0. The van der Waals surface area contributed by atoms with E-state index in [4.69, 9.17) is 4.74 Å². The fraction of sp³-hybridized carbons (Fsp3) is 1.00. The first-order chi connectivity index (χ1) is 9.44. The van der Waals surface area contributed by atoms with E-state index in [0.29, 0.717) is 23.5 Å². The van der Waals surface area contributed by atoms with E-state index in [0.717, 1.165) is 23.7 Å². The summed E-state index contributed by atoms with van der Waals surface area (Å²) in [7, 11) is 0. The van der Waals surface area contributed by atoms with Crippen LogP contribution in [0, 0.1) is 16.7 Å². The summed E-state index contributed by atoms with van der Waals surface area (Å²) in [4.78, 5) is 0. The van der Waals surface area contributed by atoms with Crippen LogP contribution in [0.4, 0.5) is 0 Å². The molecule has 1 saturated heterocycles. The van der Waals surface area contributed by atoms with Gasteiger partial charge in [0.1, 0.15) is 6.54 Å².